The van der Waals surface area contributed by atoms with E-state index in [9.17, 15) is 0 Å². The molecule has 0 N–H and O–H groups in total. The van der Waals surface area contributed by atoms with Gasteiger partial charge in [0.15, 0.2) is 0 Å². The molecule has 1 aromatic heterocycles. The van der Waals surface area contributed by atoms with E-state index in [1.165, 1.54) is 15.4 Å². The summed E-state index contributed by atoms with van der Waals surface area (Å²) in [5.41, 5.74) is 1.39. The highest BCUT2D eigenvalue weighted by Crippen LogP contribution is 2.22. The molecule has 84 valence electrons. The van der Waals surface area contributed by atoms with Gasteiger partial charge in [-0.3, -0.25) is 0 Å². The van der Waals surface area contributed by atoms with Crippen molar-refractivity contribution in [2.24, 2.45) is 0 Å². The summed E-state index contributed by atoms with van der Waals surface area (Å²) >= 11 is 1.85. The van der Waals surface area contributed by atoms with Crippen LogP contribution in [0.4, 0.5) is 0 Å². The molecule has 0 amide bonds. The maximum absolute atomic E-state index is 4.47. The molecule has 0 fully saturated rings. The second-order valence-electron chi connectivity index (χ2n) is 4.30. The van der Waals surface area contributed by atoms with Gasteiger partial charge in [0.2, 0.25) is 0 Å². The van der Waals surface area contributed by atoms with Crippen LogP contribution in [0.25, 0.3) is 0 Å². The Balaban J connectivity index is 1.95. The molecule has 0 atom stereocenters. The van der Waals surface area contributed by atoms with Crippen molar-refractivity contribution in [3.8, 4) is 0 Å². The predicted octanol–water partition coefficient (Wildman–Crippen LogP) is 4.05. The lowest BCUT2D eigenvalue weighted by molar-refractivity contribution is 0.884. The van der Waals surface area contributed by atoms with Gasteiger partial charge >= 0.3 is 0 Å². The molecule has 0 unspecified atom stereocenters. The highest BCUT2D eigenvalue weighted by molar-refractivity contribution is 7.11. The standard InChI is InChI=1S/C14H17NS/c1-11(2)13-10-15-14(16-13)9-8-12-6-4-3-5-7-12/h3-7,10-11H,8-9H2,1-2H3. The Morgan fingerprint density at radius 1 is 1.12 bits per heavy atom. The number of hydrogen-bond acceptors (Lipinski definition) is 2. The fourth-order valence-electron chi connectivity index (χ4n) is 1.60. The third kappa shape index (κ3) is 2.92. The first-order valence-corrected chi connectivity index (χ1v) is 6.56. The molecule has 1 heterocycles. The Morgan fingerprint density at radius 2 is 1.88 bits per heavy atom. The second-order valence-corrected chi connectivity index (χ2v) is 5.44. The minimum absolute atomic E-state index is 0.600. The lowest BCUT2D eigenvalue weighted by atomic mass is 10.1. The first-order chi connectivity index (χ1) is 7.75. The quantitative estimate of drug-likeness (QED) is 0.773. The molecule has 0 aliphatic rings. The van der Waals surface area contributed by atoms with Gasteiger partial charge in [-0.15, -0.1) is 11.3 Å². The van der Waals surface area contributed by atoms with Crippen LogP contribution in [-0.4, -0.2) is 4.98 Å². The molecule has 1 nitrogen and oxygen atoms in total. The van der Waals surface area contributed by atoms with Crippen molar-refractivity contribution in [3.05, 3.63) is 52.0 Å². The molecule has 0 saturated carbocycles. The molecule has 2 rings (SSSR count). The molecule has 0 radical (unpaired) electrons. The average Bonchev–Trinajstić information content (AvgIpc) is 2.76. The fourth-order valence-corrected chi connectivity index (χ4v) is 2.53. The highest BCUT2D eigenvalue weighted by Gasteiger charge is 2.05. The van der Waals surface area contributed by atoms with Crippen LogP contribution in [0.1, 0.15) is 35.2 Å². The predicted molar refractivity (Wildman–Crippen MR) is 70.1 cm³/mol. The van der Waals surface area contributed by atoms with E-state index < -0.39 is 0 Å². The minimum atomic E-state index is 0.600. The Morgan fingerprint density at radius 3 is 2.50 bits per heavy atom. The maximum atomic E-state index is 4.47. The van der Waals surface area contributed by atoms with Gasteiger partial charge in [-0.2, -0.15) is 0 Å². The van der Waals surface area contributed by atoms with E-state index in [0.29, 0.717) is 5.92 Å². The zero-order valence-electron chi connectivity index (χ0n) is 9.81. The van der Waals surface area contributed by atoms with Gasteiger partial charge in [0.05, 0.1) is 5.01 Å². The van der Waals surface area contributed by atoms with Gasteiger partial charge in [-0.05, 0) is 17.9 Å². The maximum Gasteiger partial charge on any atom is 0.0931 e. The number of thiazole rings is 1. The number of nitrogens with zero attached hydrogens (tertiary/aromatic N) is 1. The van der Waals surface area contributed by atoms with E-state index in [2.05, 4.69) is 49.2 Å². The summed E-state index contributed by atoms with van der Waals surface area (Å²) in [5.74, 6) is 0.600. The molecule has 0 aliphatic carbocycles. The molecular formula is C14H17NS. The summed E-state index contributed by atoms with van der Waals surface area (Å²) in [6, 6.07) is 10.6. The zero-order chi connectivity index (χ0) is 11.4. The van der Waals surface area contributed by atoms with Crippen molar-refractivity contribution < 1.29 is 0 Å². The van der Waals surface area contributed by atoms with Crippen LogP contribution in [0.2, 0.25) is 0 Å². The van der Waals surface area contributed by atoms with E-state index in [4.69, 9.17) is 0 Å². The van der Waals surface area contributed by atoms with Crippen LogP contribution in [0.15, 0.2) is 36.5 Å². The van der Waals surface area contributed by atoms with Crippen LogP contribution in [0.3, 0.4) is 0 Å². The number of aryl methyl sites for hydroxylation is 2. The molecule has 0 spiro atoms. The van der Waals surface area contributed by atoms with Crippen molar-refractivity contribution in [2.45, 2.75) is 32.6 Å². The molecule has 2 heteroatoms. The van der Waals surface area contributed by atoms with E-state index >= 15 is 0 Å². The third-order valence-electron chi connectivity index (χ3n) is 2.61. The summed E-state index contributed by atoms with van der Waals surface area (Å²) in [4.78, 5) is 5.86. The second kappa shape index (κ2) is 5.26. The smallest absolute Gasteiger partial charge is 0.0931 e. The topological polar surface area (TPSA) is 12.9 Å². The van der Waals surface area contributed by atoms with Crippen molar-refractivity contribution in [3.63, 3.8) is 0 Å². The number of hydrogen-bond donors (Lipinski definition) is 0. The van der Waals surface area contributed by atoms with Crippen LogP contribution in [0.5, 0.6) is 0 Å². The summed E-state index contributed by atoms with van der Waals surface area (Å²) in [7, 11) is 0. The SMILES string of the molecule is CC(C)c1cnc(CCc2ccccc2)s1. The lowest BCUT2D eigenvalue weighted by Gasteiger charge is -1.98. The average molecular weight is 231 g/mol. The molecule has 1 aromatic carbocycles. The summed E-state index contributed by atoms with van der Waals surface area (Å²) in [6.07, 6.45) is 4.17. The van der Waals surface area contributed by atoms with Crippen LogP contribution in [0, 0.1) is 0 Å². The largest absolute Gasteiger partial charge is 0.249 e. The van der Waals surface area contributed by atoms with E-state index in [1.54, 1.807) is 0 Å². The van der Waals surface area contributed by atoms with Gasteiger partial charge in [-0.25, -0.2) is 4.98 Å². The first kappa shape index (κ1) is 11.3. The van der Waals surface area contributed by atoms with E-state index in [0.717, 1.165) is 12.8 Å². The van der Waals surface area contributed by atoms with Crippen LogP contribution in [-0.2, 0) is 12.8 Å². The molecule has 16 heavy (non-hydrogen) atoms. The Hall–Kier alpha value is -1.15. The Labute approximate surface area is 101 Å². The van der Waals surface area contributed by atoms with Gasteiger partial charge in [0, 0.05) is 17.5 Å². The van der Waals surface area contributed by atoms with Crippen molar-refractivity contribution in [2.75, 3.05) is 0 Å². The van der Waals surface area contributed by atoms with Crippen molar-refractivity contribution in [1.82, 2.24) is 4.98 Å². The molecular weight excluding hydrogens is 214 g/mol. The van der Waals surface area contributed by atoms with Crippen LogP contribution >= 0.6 is 11.3 Å². The molecule has 0 saturated heterocycles. The summed E-state index contributed by atoms with van der Waals surface area (Å²) in [5, 5.41) is 1.26. The minimum Gasteiger partial charge on any atom is -0.249 e. The van der Waals surface area contributed by atoms with Crippen molar-refractivity contribution in [1.29, 1.82) is 0 Å². The number of aromatic nitrogens is 1. The highest BCUT2D eigenvalue weighted by atomic mass is 32.1. The van der Waals surface area contributed by atoms with E-state index in [-0.39, 0.29) is 0 Å². The van der Waals surface area contributed by atoms with Gasteiger partial charge in [0.25, 0.3) is 0 Å². The van der Waals surface area contributed by atoms with Gasteiger partial charge in [-0.1, -0.05) is 44.2 Å². The Bertz CT molecular complexity index is 431. The van der Waals surface area contributed by atoms with E-state index in [1.807, 2.05) is 17.5 Å². The molecule has 0 aliphatic heterocycles. The monoisotopic (exact) mass is 231 g/mol. The van der Waals surface area contributed by atoms with Gasteiger partial charge in [0.1, 0.15) is 0 Å². The normalized spacial score (nSPS) is 10.9. The third-order valence-corrected chi connectivity index (χ3v) is 3.97. The number of rotatable bonds is 4. The Kier molecular flexibility index (Phi) is 3.73. The lowest BCUT2D eigenvalue weighted by Crippen LogP contribution is -1.89. The van der Waals surface area contributed by atoms with Crippen molar-refractivity contribution >= 4 is 11.3 Å². The number of benzene rings is 1. The summed E-state index contributed by atoms with van der Waals surface area (Å²) < 4.78 is 0. The zero-order valence-corrected chi connectivity index (χ0v) is 10.6. The van der Waals surface area contributed by atoms with Gasteiger partial charge < -0.3 is 0 Å². The fraction of sp³-hybridized carbons (Fsp3) is 0.357. The molecule has 2 aromatic rings. The summed E-state index contributed by atoms with van der Waals surface area (Å²) in [6.45, 7) is 4.43. The first-order valence-electron chi connectivity index (χ1n) is 5.74. The molecule has 0 bridgehead atoms. The van der Waals surface area contributed by atoms with Crippen LogP contribution < -0.4 is 0 Å².